The summed E-state index contributed by atoms with van der Waals surface area (Å²) in [6.07, 6.45) is 4.15. The van der Waals surface area contributed by atoms with E-state index < -0.39 is 6.04 Å². The number of anilines is 1. The molecule has 5 nitrogen and oxygen atoms in total. The molecule has 0 saturated heterocycles. The summed E-state index contributed by atoms with van der Waals surface area (Å²) in [6, 6.07) is 17.6. The monoisotopic (exact) mass is 390 g/mol. The van der Waals surface area contributed by atoms with Crippen molar-refractivity contribution in [3.05, 3.63) is 83.9 Å². The number of nitrogens with two attached hydrogens (primary N) is 1. The summed E-state index contributed by atoms with van der Waals surface area (Å²) in [5.74, 6) is -0.119. The van der Waals surface area contributed by atoms with Gasteiger partial charge in [-0.05, 0) is 28.7 Å². The van der Waals surface area contributed by atoms with Crippen molar-refractivity contribution in [1.82, 2.24) is 9.55 Å². The summed E-state index contributed by atoms with van der Waals surface area (Å²) in [4.78, 5) is 18.8. The molecule has 0 aliphatic heterocycles. The normalized spacial score (nSPS) is 12.6. The van der Waals surface area contributed by atoms with Crippen LogP contribution in [0, 0.1) is 0 Å². The van der Waals surface area contributed by atoms with Crippen LogP contribution in [-0.4, -0.2) is 28.5 Å². The molecule has 3 aromatic rings. The maximum atomic E-state index is 12.8. The molecule has 0 spiro atoms. The van der Waals surface area contributed by atoms with Crippen LogP contribution in [0.3, 0.4) is 0 Å². The number of nitrogens with zero attached hydrogens (tertiary/aromatic N) is 3. The van der Waals surface area contributed by atoms with E-state index in [2.05, 4.69) is 50.0 Å². The average Bonchev–Trinajstić information content (AvgIpc) is 3.13. The van der Waals surface area contributed by atoms with E-state index >= 15 is 0 Å². The van der Waals surface area contributed by atoms with Crippen LogP contribution in [0.15, 0.2) is 67.1 Å². The zero-order valence-electron chi connectivity index (χ0n) is 17.7. The first-order valence-electron chi connectivity index (χ1n) is 9.92. The van der Waals surface area contributed by atoms with Crippen molar-refractivity contribution < 1.29 is 4.79 Å². The Morgan fingerprint density at radius 2 is 1.76 bits per heavy atom. The number of carbonyl (C=O) groups is 1. The summed E-state index contributed by atoms with van der Waals surface area (Å²) in [6.45, 7) is 7.26. The lowest BCUT2D eigenvalue weighted by Gasteiger charge is -2.23. The van der Waals surface area contributed by atoms with E-state index in [9.17, 15) is 4.79 Å². The van der Waals surface area contributed by atoms with Crippen LogP contribution in [0.4, 0.5) is 5.69 Å². The molecular weight excluding hydrogens is 360 g/mol. The predicted octanol–water partition coefficient (Wildman–Crippen LogP) is 3.76. The maximum Gasteiger partial charge on any atom is 0.244 e. The molecular formula is C24H30N4O. The molecule has 3 rings (SSSR count). The first kappa shape index (κ1) is 20.8. The summed E-state index contributed by atoms with van der Waals surface area (Å²) in [5.41, 5.74) is 10.4. The Bertz CT molecular complexity index is 939. The third-order valence-corrected chi connectivity index (χ3v) is 5.09. The molecule has 0 fully saturated rings. The molecule has 29 heavy (non-hydrogen) atoms. The van der Waals surface area contributed by atoms with Crippen molar-refractivity contribution in [2.45, 2.75) is 45.2 Å². The van der Waals surface area contributed by atoms with Gasteiger partial charge in [0.15, 0.2) is 0 Å². The van der Waals surface area contributed by atoms with Gasteiger partial charge in [0.05, 0.1) is 18.1 Å². The van der Waals surface area contributed by atoms with Gasteiger partial charge in [-0.3, -0.25) is 4.79 Å². The molecule has 0 unspecified atom stereocenters. The third kappa shape index (κ3) is 5.33. The van der Waals surface area contributed by atoms with Crippen molar-refractivity contribution in [2.24, 2.45) is 5.73 Å². The Hall–Kier alpha value is -2.92. The zero-order valence-corrected chi connectivity index (χ0v) is 17.7. The van der Waals surface area contributed by atoms with Gasteiger partial charge in [-0.1, -0.05) is 63.2 Å². The smallest absolute Gasteiger partial charge is 0.244 e. The number of hydrogen-bond donors (Lipinski definition) is 1. The standard InChI is InChI=1S/C24H30N4O/c1-24(2,3)19-10-12-21(13-11-19)27(4)23(29)22(25)14-20-16-28(17-26-20)15-18-8-6-5-7-9-18/h5-13,16-17,22H,14-15,25H2,1-4H3/t22-/m0/s1. The van der Waals surface area contributed by atoms with Crippen LogP contribution >= 0.6 is 0 Å². The molecule has 1 amide bonds. The summed E-state index contributed by atoms with van der Waals surface area (Å²) < 4.78 is 2.01. The Morgan fingerprint density at radius 3 is 2.38 bits per heavy atom. The molecule has 2 aromatic carbocycles. The number of hydrogen-bond acceptors (Lipinski definition) is 3. The van der Waals surface area contributed by atoms with Crippen LogP contribution in [0.1, 0.15) is 37.6 Å². The second-order valence-corrected chi connectivity index (χ2v) is 8.53. The highest BCUT2D eigenvalue weighted by molar-refractivity contribution is 5.96. The molecule has 0 aliphatic carbocycles. The van der Waals surface area contributed by atoms with Crippen LogP contribution in [0.5, 0.6) is 0 Å². The van der Waals surface area contributed by atoms with Crippen LogP contribution < -0.4 is 10.6 Å². The second kappa shape index (κ2) is 8.62. The lowest BCUT2D eigenvalue weighted by atomic mass is 9.87. The highest BCUT2D eigenvalue weighted by Gasteiger charge is 2.21. The molecule has 1 atom stereocenters. The molecule has 0 radical (unpaired) electrons. The van der Waals surface area contributed by atoms with Crippen molar-refractivity contribution in [3.63, 3.8) is 0 Å². The molecule has 0 saturated carbocycles. The van der Waals surface area contributed by atoms with Gasteiger partial charge in [0.2, 0.25) is 5.91 Å². The Balaban J connectivity index is 1.61. The highest BCUT2D eigenvalue weighted by Crippen LogP contribution is 2.24. The van der Waals surface area contributed by atoms with Gasteiger partial charge in [0, 0.05) is 31.9 Å². The summed E-state index contributed by atoms with van der Waals surface area (Å²) in [5, 5.41) is 0. The topological polar surface area (TPSA) is 64.2 Å². The van der Waals surface area contributed by atoms with Crippen molar-refractivity contribution in [2.75, 3.05) is 11.9 Å². The molecule has 5 heteroatoms. The van der Waals surface area contributed by atoms with Gasteiger partial charge in [-0.2, -0.15) is 0 Å². The number of imidazole rings is 1. The number of carbonyl (C=O) groups excluding carboxylic acids is 1. The lowest BCUT2D eigenvalue weighted by Crippen LogP contribution is -2.43. The number of benzene rings is 2. The van der Waals surface area contributed by atoms with Crippen molar-refractivity contribution in [3.8, 4) is 0 Å². The van der Waals surface area contributed by atoms with E-state index in [1.165, 1.54) is 11.1 Å². The minimum absolute atomic E-state index is 0.0795. The van der Waals surface area contributed by atoms with Gasteiger partial charge in [0.1, 0.15) is 0 Å². The van der Waals surface area contributed by atoms with Gasteiger partial charge in [0.25, 0.3) is 0 Å². The quantitative estimate of drug-likeness (QED) is 0.697. The van der Waals surface area contributed by atoms with Gasteiger partial charge in [-0.15, -0.1) is 0 Å². The fourth-order valence-corrected chi connectivity index (χ4v) is 3.27. The lowest BCUT2D eigenvalue weighted by molar-refractivity contribution is -0.119. The van der Waals surface area contributed by atoms with E-state index in [4.69, 9.17) is 5.73 Å². The molecule has 152 valence electrons. The predicted molar refractivity (Wildman–Crippen MR) is 118 cm³/mol. The second-order valence-electron chi connectivity index (χ2n) is 8.53. The summed E-state index contributed by atoms with van der Waals surface area (Å²) >= 11 is 0. The minimum atomic E-state index is -0.637. The SMILES string of the molecule is CN(C(=O)[C@@H](N)Cc1cn(Cc2ccccc2)cn1)c1ccc(C(C)(C)C)cc1. The van der Waals surface area contributed by atoms with E-state index in [0.717, 1.165) is 17.9 Å². The number of rotatable bonds is 6. The first-order valence-corrected chi connectivity index (χ1v) is 9.92. The zero-order chi connectivity index (χ0) is 21.0. The molecule has 2 N–H and O–H groups in total. The molecule has 1 aromatic heterocycles. The maximum absolute atomic E-state index is 12.8. The number of likely N-dealkylation sites (N-methyl/N-ethyl adjacent to an activating group) is 1. The van der Waals surface area contributed by atoms with Crippen LogP contribution in [0.25, 0.3) is 0 Å². The first-order chi connectivity index (χ1) is 13.7. The van der Waals surface area contributed by atoms with Crippen LogP contribution in [0.2, 0.25) is 0 Å². The number of amides is 1. The summed E-state index contributed by atoms with van der Waals surface area (Å²) in [7, 11) is 1.77. The highest BCUT2D eigenvalue weighted by atomic mass is 16.2. The molecule has 0 bridgehead atoms. The van der Waals surface area contributed by atoms with E-state index in [0.29, 0.717) is 6.42 Å². The van der Waals surface area contributed by atoms with Crippen molar-refractivity contribution >= 4 is 11.6 Å². The van der Waals surface area contributed by atoms with Gasteiger partial charge < -0.3 is 15.2 Å². The van der Waals surface area contributed by atoms with Gasteiger partial charge in [-0.25, -0.2) is 4.98 Å². The fraction of sp³-hybridized carbons (Fsp3) is 0.333. The Morgan fingerprint density at radius 1 is 1.10 bits per heavy atom. The Kier molecular flexibility index (Phi) is 6.18. The van der Waals surface area contributed by atoms with E-state index in [1.54, 1.807) is 18.3 Å². The third-order valence-electron chi connectivity index (χ3n) is 5.09. The minimum Gasteiger partial charge on any atom is -0.333 e. The van der Waals surface area contributed by atoms with Crippen LogP contribution in [-0.2, 0) is 23.2 Å². The van der Waals surface area contributed by atoms with Gasteiger partial charge >= 0.3 is 0 Å². The largest absolute Gasteiger partial charge is 0.333 e. The van der Waals surface area contributed by atoms with E-state index in [1.807, 2.05) is 41.1 Å². The van der Waals surface area contributed by atoms with E-state index in [-0.39, 0.29) is 11.3 Å². The van der Waals surface area contributed by atoms with Crippen molar-refractivity contribution in [1.29, 1.82) is 0 Å². The molecule has 0 aliphatic rings. The Labute approximate surface area is 173 Å². The molecule has 1 heterocycles. The average molecular weight is 391 g/mol. The fourth-order valence-electron chi connectivity index (χ4n) is 3.27. The number of aromatic nitrogens is 2.